The highest BCUT2D eigenvalue weighted by Gasteiger charge is 2.30. The van der Waals surface area contributed by atoms with Gasteiger partial charge in [0.1, 0.15) is 11.1 Å². The number of aromatic hydroxyl groups is 1. The molecule has 1 saturated heterocycles. The molecule has 1 unspecified atom stereocenters. The highest BCUT2D eigenvalue weighted by molar-refractivity contribution is 7.99. The van der Waals surface area contributed by atoms with E-state index in [9.17, 15) is 14.7 Å². The quantitative estimate of drug-likeness (QED) is 0.860. The van der Waals surface area contributed by atoms with Crippen molar-refractivity contribution in [3.05, 3.63) is 29.8 Å². The molecular weight excluding hydrogens is 278 g/mol. The summed E-state index contributed by atoms with van der Waals surface area (Å²) in [7, 11) is 1.34. The summed E-state index contributed by atoms with van der Waals surface area (Å²) >= 11 is 1.66. The van der Waals surface area contributed by atoms with Crippen molar-refractivity contribution in [3.63, 3.8) is 0 Å². The van der Waals surface area contributed by atoms with Crippen molar-refractivity contribution in [1.82, 2.24) is 4.90 Å². The van der Waals surface area contributed by atoms with E-state index in [-0.39, 0.29) is 29.4 Å². The molecular formula is C14H17NO4S. The van der Waals surface area contributed by atoms with Crippen molar-refractivity contribution >= 4 is 23.6 Å². The average Bonchev–Trinajstić information content (AvgIpc) is 2.46. The topological polar surface area (TPSA) is 66.8 Å². The second-order valence-corrected chi connectivity index (χ2v) is 5.67. The van der Waals surface area contributed by atoms with Gasteiger partial charge in [-0.15, -0.1) is 11.8 Å². The van der Waals surface area contributed by atoms with Crippen LogP contribution in [-0.2, 0) is 14.3 Å². The van der Waals surface area contributed by atoms with Crippen LogP contribution in [0.15, 0.2) is 24.3 Å². The number of amides is 1. The van der Waals surface area contributed by atoms with Crippen molar-refractivity contribution in [2.24, 2.45) is 0 Å². The van der Waals surface area contributed by atoms with Crippen molar-refractivity contribution in [3.8, 4) is 5.75 Å². The molecule has 0 spiro atoms. The number of hydrogen-bond donors (Lipinski definition) is 1. The van der Waals surface area contributed by atoms with Crippen LogP contribution in [-0.4, -0.2) is 41.3 Å². The van der Waals surface area contributed by atoms with E-state index in [0.717, 1.165) is 11.3 Å². The third-order valence-corrected chi connectivity index (χ3v) is 4.44. The number of carbonyl (C=O) groups is 2. The molecule has 1 fully saturated rings. The van der Waals surface area contributed by atoms with Crippen LogP contribution in [0.2, 0.25) is 0 Å². The van der Waals surface area contributed by atoms with Gasteiger partial charge in [0.15, 0.2) is 0 Å². The molecule has 0 radical (unpaired) electrons. The molecule has 1 aromatic rings. The Kier molecular flexibility index (Phi) is 4.89. The predicted molar refractivity (Wildman–Crippen MR) is 76.3 cm³/mol. The number of hydrogen-bond acceptors (Lipinski definition) is 5. The van der Waals surface area contributed by atoms with Gasteiger partial charge in [0.2, 0.25) is 5.91 Å². The molecule has 1 aromatic carbocycles. The van der Waals surface area contributed by atoms with Crippen molar-refractivity contribution in [2.45, 2.75) is 18.2 Å². The molecule has 0 saturated carbocycles. The van der Waals surface area contributed by atoms with Gasteiger partial charge < -0.3 is 14.7 Å². The zero-order chi connectivity index (χ0) is 14.5. The summed E-state index contributed by atoms with van der Waals surface area (Å²) < 4.78 is 4.62. The lowest BCUT2D eigenvalue weighted by Gasteiger charge is -2.35. The van der Waals surface area contributed by atoms with Gasteiger partial charge >= 0.3 is 5.97 Å². The van der Waals surface area contributed by atoms with Crippen molar-refractivity contribution in [2.75, 3.05) is 19.4 Å². The molecule has 108 valence electrons. The minimum Gasteiger partial charge on any atom is -0.508 e. The maximum Gasteiger partial charge on any atom is 0.307 e. The molecule has 2 rings (SSSR count). The summed E-state index contributed by atoms with van der Waals surface area (Å²) in [6, 6.07) is 6.81. The Bertz CT molecular complexity index is 488. The Hall–Kier alpha value is -1.69. The average molecular weight is 295 g/mol. The fraction of sp³-hybridized carbons (Fsp3) is 0.429. The first-order chi connectivity index (χ1) is 9.61. The summed E-state index contributed by atoms with van der Waals surface area (Å²) in [6.07, 6.45) is 0.678. The maximum atomic E-state index is 12.1. The van der Waals surface area contributed by atoms with Crippen LogP contribution >= 0.6 is 11.8 Å². The van der Waals surface area contributed by atoms with Crippen LogP contribution in [0.25, 0.3) is 0 Å². The summed E-state index contributed by atoms with van der Waals surface area (Å²) in [5.74, 6) is 0.685. The first-order valence-electron chi connectivity index (χ1n) is 6.38. The number of nitrogens with zero attached hydrogens (tertiary/aromatic N) is 1. The second-order valence-electron chi connectivity index (χ2n) is 4.48. The van der Waals surface area contributed by atoms with Gasteiger partial charge in [0.25, 0.3) is 0 Å². The number of carbonyl (C=O) groups excluding carboxylic acids is 2. The van der Waals surface area contributed by atoms with E-state index < -0.39 is 0 Å². The molecule has 1 aliphatic rings. The molecule has 6 heteroatoms. The van der Waals surface area contributed by atoms with E-state index in [1.165, 1.54) is 7.11 Å². The Morgan fingerprint density at radius 2 is 2.15 bits per heavy atom. The van der Waals surface area contributed by atoms with E-state index in [2.05, 4.69) is 4.74 Å². The summed E-state index contributed by atoms with van der Waals surface area (Å²) in [5.41, 5.74) is 0.950. The molecule has 1 atom stereocenters. The molecule has 0 aromatic heterocycles. The molecule has 1 N–H and O–H groups in total. The molecule has 1 amide bonds. The number of rotatable bonds is 4. The Labute approximate surface area is 121 Å². The van der Waals surface area contributed by atoms with Gasteiger partial charge in [-0.3, -0.25) is 9.59 Å². The first kappa shape index (κ1) is 14.7. The number of methoxy groups -OCH3 is 1. The molecule has 0 bridgehead atoms. The number of ether oxygens (including phenoxy) is 1. The fourth-order valence-corrected chi connectivity index (χ4v) is 3.36. The number of esters is 1. The van der Waals surface area contributed by atoms with Crippen molar-refractivity contribution < 1.29 is 19.4 Å². The summed E-state index contributed by atoms with van der Waals surface area (Å²) in [4.78, 5) is 25.0. The van der Waals surface area contributed by atoms with Crippen molar-refractivity contribution in [1.29, 1.82) is 0 Å². The third-order valence-electron chi connectivity index (χ3n) is 3.16. The van der Waals surface area contributed by atoms with Gasteiger partial charge in [-0.05, 0) is 17.7 Å². The van der Waals surface area contributed by atoms with E-state index in [4.69, 9.17) is 0 Å². The molecule has 0 aliphatic carbocycles. The molecule has 1 heterocycles. The van der Waals surface area contributed by atoms with Gasteiger partial charge in [-0.2, -0.15) is 0 Å². The van der Waals surface area contributed by atoms with Gasteiger partial charge in [0, 0.05) is 18.7 Å². The van der Waals surface area contributed by atoms with Crippen LogP contribution in [0.5, 0.6) is 5.75 Å². The van der Waals surface area contributed by atoms with Gasteiger partial charge in [-0.1, -0.05) is 12.1 Å². The van der Waals surface area contributed by atoms with Gasteiger partial charge in [-0.25, -0.2) is 0 Å². The maximum absolute atomic E-state index is 12.1. The highest BCUT2D eigenvalue weighted by Crippen LogP contribution is 2.37. The number of benzene rings is 1. The monoisotopic (exact) mass is 295 g/mol. The Balaban J connectivity index is 2.13. The van der Waals surface area contributed by atoms with Gasteiger partial charge in [0.05, 0.1) is 13.5 Å². The Morgan fingerprint density at radius 1 is 1.45 bits per heavy atom. The lowest BCUT2D eigenvalue weighted by atomic mass is 10.2. The van der Waals surface area contributed by atoms with Crippen LogP contribution in [0.1, 0.15) is 23.8 Å². The highest BCUT2D eigenvalue weighted by atomic mass is 32.2. The number of phenolic OH excluding ortho intramolecular Hbond substituents is 1. The molecule has 1 aliphatic heterocycles. The zero-order valence-corrected chi connectivity index (χ0v) is 12.1. The molecule has 5 nitrogen and oxygen atoms in total. The first-order valence-corrected chi connectivity index (χ1v) is 7.43. The summed E-state index contributed by atoms with van der Waals surface area (Å²) in [5, 5.41) is 9.22. The normalized spacial score (nSPS) is 18.9. The lowest BCUT2D eigenvalue weighted by molar-refractivity contribution is -0.142. The molecule has 20 heavy (non-hydrogen) atoms. The number of thioether (sulfide) groups is 1. The van der Waals surface area contributed by atoms with Crippen LogP contribution in [0.4, 0.5) is 0 Å². The van der Waals surface area contributed by atoms with E-state index in [0.29, 0.717) is 13.0 Å². The van der Waals surface area contributed by atoms with E-state index in [1.54, 1.807) is 40.9 Å². The number of phenols is 1. The largest absolute Gasteiger partial charge is 0.508 e. The fourth-order valence-electron chi connectivity index (χ4n) is 2.09. The smallest absolute Gasteiger partial charge is 0.307 e. The van der Waals surface area contributed by atoms with Crippen LogP contribution in [0.3, 0.4) is 0 Å². The van der Waals surface area contributed by atoms with Crippen LogP contribution in [0, 0.1) is 0 Å². The lowest BCUT2D eigenvalue weighted by Crippen LogP contribution is -2.38. The summed E-state index contributed by atoms with van der Waals surface area (Å²) in [6.45, 7) is 0.351. The minimum absolute atomic E-state index is 0.0470. The van der Waals surface area contributed by atoms with E-state index in [1.807, 2.05) is 0 Å². The zero-order valence-electron chi connectivity index (χ0n) is 11.2. The minimum atomic E-state index is -0.321. The Morgan fingerprint density at radius 3 is 2.80 bits per heavy atom. The third kappa shape index (κ3) is 3.45. The predicted octanol–water partition coefficient (Wildman–Crippen LogP) is 1.92. The van der Waals surface area contributed by atoms with E-state index >= 15 is 0 Å². The standard InChI is InChI=1S/C14H17NO4S/c1-19-13(18)6-8-15-12(17)7-9-20-14(15)10-2-4-11(16)5-3-10/h2-5,14,16H,6-9H2,1H3. The second kappa shape index (κ2) is 6.65. The van der Waals surface area contributed by atoms with Crippen LogP contribution < -0.4 is 0 Å². The SMILES string of the molecule is COC(=O)CCN1C(=O)CCSC1c1ccc(O)cc1.